The van der Waals surface area contributed by atoms with Gasteiger partial charge in [-0.15, -0.1) is 0 Å². The summed E-state index contributed by atoms with van der Waals surface area (Å²) in [4.78, 5) is 13.8. The van der Waals surface area contributed by atoms with Gasteiger partial charge >= 0.3 is 0 Å². The number of rotatable bonds is 10. The molecule has 0 atom stereocenters. The van der Waals surface area contributed by atoms with Crippen LogP contribution in [0.15, 0.2) is 60.7 Å². The Hall–Kier alpha value is -1.71. The maximum Gasteiger partial charge on any atom is 0.261 e. The topological polar surface area (TPSA) is 26.3 Å². The van der Waals surface area contributed by atoms with Gasteiger partial charge in [0.2, 0.25) is 0 Å². The van der Waals surface area contributed by atoms with Crippen LogP contribution in [-0.2, 0) is 9.22 Å². The summed E-state index contributed by atoms with van der Waals surface area (Å²) in [5, 5.41) is 2.44. The summed E-state index contributed by atoms with van der Waals surface area (Å²) in [6.45, 7) is 24.1. The van der Waals surface area contributed by atoms with Gasteiger partial charge in [0.1, 0.15) is 5.78 Å². The quantitative estimate of drug-likeness (QED) is 0.331. The first kappa shape index (κ1) is 28.5. The second kappa shape index (κ2) is 10.1. The average molecular weight is 481 g/mol. The normalized spacial score (nSPS) is 13.9. The second-order valence-corrected chi connectivity index (χ2v) is 17.6. The molecule has 0 aromatic heterocycles. The van der Waals surface area contributed by atoms with Crippen molar-refractivity contribution in [1.82, 2.24) is 0 Å². The molecule has 0 aliphatic carbocycles. The molecule has 2 aromatic carbocycles. The van der Waals surface area contributed by atoms with Gasteiger partial charge in [-0.1, -0.05) is 123 Å². The lowest BCUT2D eigenvalue weighted by molar-refractivity contribution is -0.139. The smallest absolute Gasteiger partial charge is 0.261 e. The van der Waals surface area contributed by atoms with Crippen molar-refractivity contribution in [3.05, 3.63) is 60.7 Å². The van der Waals surface area contributed by atoms with Gasteiger partial charge in [0.05, 0.1) is 5.60 Å². The van der Waals surface area contributed by atoms with Gasteiger partial charge in [-0.05, 0) is 48.0 Å². The van der Waals surface area contributed by atoms with E-state index in [1.54, 1.807) is 0 Å². The van der Waals surface area contributed by atoms with Gasteiger partial charge in [-0.25, -0.2) is 0 Å². The third-order valence-corrected chi connectivity index (χ3v) is 12.1. The molecular weight excluding hydrogens is 432 g/mol. The number of Topliss-reactive ketones (excluding diaryl/α,β-unsaturated/α-hetero) is 1. The molecule has 2 aromatic rings. The largest absolute Gasteiger partial charge is 0.402 e. The maximum absolute atomic E-state index is 13.8. The van der Waals surface area contributed by atoms with Crippen LogP contribution in [-0.4, -0.2) is 19.7 Å². The van der Waals surface area contributed by atoms with Gasteiger partial charge < -0.3 is 4.43 Å². The lowest BCUT2D eigenvalue weighted by atomic mass is 9.67. The summed E-state index contributed by atoms with van der Waals surface area (Å²) in [6.07, 6.45) is 1.57. The first-order valence-corrected chi connectivity index (χ1v) is 14.7. The summed E-state index contributed by atoms with van der Waals surface area (Å²) in [5.74, 6) is 0.809. The van der Waals surface area contributed by atoms with Gasteiger partial charge in [-0.2, -0.15) is 0 Å². The Kier molecular flexibility index (Phi) is 8.48. The van der Waals surface area contributed by atoms with Crippen molar-refractivity contribution in [2.45, 2.75) is 99.6 Å². The molecule has 0 unspecified atom stereocenters. The average Bonchev–Trinajstić information content (AvgIpc) is 2.70. The molecule has 0 bridgehead atoms. The van der Waals surface area contributed by atoms with Crippen LogP contribution in [0.1, 0.15) is 89.0 Å². The van der Waals surface area contributed by atoms with Crippen LogP contribution in [0.25, 0.3) is 0 Å². The van der Waals surface area contributed by atoms with Crippen molar-refractivity contribution < 1.29 is 9.22 Å². The second-order valence-electron chi connectivity index (χ2n) is 13.4. The van der Waals surface area contributed by atoms with E-state index in [9.17, 15) is 4.79 Å². The number of benzene rings is 2. The number of hydrogen-bond donors (Lipinski definition) is 0. The Morgan fingerprint density at radius 3 is 1.50 bits per heavy atom. The van der Waals surface area contributed by atoms with Crippen LogP contribution in [0.4, 0.5) is 0 Å². The molecule has 0 aliphatic heterocycles. The molecule has 0 radical (unpaired) electrons. The summed E-state index contributed by atoms with van der Waals surface area (Å²) in [5.41, 5.74) is -1.34. The predicted molar refractivity (Wildman–Crippen MR) is 149 cm³/mol. The van der Waals surface area contributed by atoms with Gasteiger partial charge in [0.15, 0.2) is 0 Å². The van der Waals surface area contributed by atoms with Crippen LogP contribution in [0.2, 0.25) is 5.04 Å². The van der Waals surface area contributed by atoms with E-state index >= 15 is 0 Å². The first-order valence-electron chi connectivity index (χ1n) is 12.8. The molecule has 0 saturated heterocycles. The van der Waals surface area contributed by atoms with Crippen molar-refractivity contribution >= 4 is 24.5 Å². The molecule has 2 rings (SSSR count). The van der Waals surface area contributed by atoms with Crippen molar-refractivity contribution in [3.8, 4) is 0 Å². The summed E-state index contributed by atoms with van der Waals surface area (Å²) >= 11 is 0. The van der Waals surface area contributed by atoms with Gasteiger partial charge in [0, 0.05) is 10.8 Å². The predicted octanol–water partition coefficient (Wildman–Crippen LogP) is 7.40. The molecule has 188 valence electrons. The number of carbonyl (C=O) groups is 1. The zero-order chi connectivity index (χ0) is 26.0. The van der Waals surface area contributed by atoms with Gasteiger partial charge in [-0.3, -0.25) is 4.79 Å². The summed E-state index contributed by atoms with van der Waals surface area (Å²) in [6, 6.07) is 21.5. The lowest BCUT2D eigenvalue weighted by Crippen LogP contribution is -2.69. The standard InChI is InChI=1S/C31H48O2Si/c1-24(2)22-29(6,7)27(32)30(8,9)23-31(10,11)33-34(28(3,4)5,25-18-14-12-15-19-25)26-20-16-13-17-21-26/h12-21,24H,22-23H2,1-11H3. The van der Waals surface area contributed by atoms with Crippen LogP contribution < -0.4 is 10.4 Å². The van der Waals surface area contributed by atoms with E-state index < -0.39 is 19.3 Å². The van der Waals surface area contributed by atoms with Crippen molar-refractivity contribution in [3.63, 3.8) is 0 Å². The monoisotopic (exact) mass is 480 g/mol. The highest BCUT2D eigenvalue weighted by molar-refractivity contribution is 6.99. The highest BCUT2D eigenvalue weighted by atomic mass is 28.4. The number of ketones is 1. The third-order valence-electron chi connectivity index (χ3n) is 6.86. The number of carbonyl (C=O) groups excluding carboxylic acids is 1. The minimum Gasteiger partial charge on any atom is -0.402 e. The van der Waals surface area contributed by atoms with Crippen molar-refractivity contribution in [1.29, 1.82) is 0 Å². The van der Waals surface area contributed by atoms with Crippen LogP contribution in [0, 0.1) is 16.7 Å². The third kappa shape index (κ3) is 6.29. The van der Waals surface area contributed by atoms with E-state index in [-0.39, 0.29) is 10.5 Å². The van der Waals surface area contributed by atoms with E-state index in [1.165, 1.54) is 10.4 Å². The zero-order valence-electron chi connectivity index (χ0n) is 23.6. The molecule has 0 spiro atoms. The van der Waals surface area contributed by atoms with Crippen LogP contribution >= 0.6 is 0 Å². The molecule has 0 saturated carbocycles. The highest BCUT2D eigenvalue weighted by Crippen LogP contribution is 2.44. The van der Waals surface area contributed by atoms with Gasteiger partial charge in [0.25, 0.3) is 8.32 Å². The Labute approximate surface area is 210 Å². The molecule has 3 heteroatoms. The Balaban J connectivity index is 2.55. The molecule has 0 N–H and O–H groups in total. The van der Waals surface area contributed by atoms with Crippen molar-refractivity contribution in [2.24, 2.45) is 16.7 Å². The zero-order valence-corrected chi connectivity index (χ0v) is 24.6. The van der Waals surface area contributed by atoms with E-state index in [4.69, 9.17) is 4.43 Å². The number of hydrogen-bond acceptors (Lipinski definition) is 2. The highest BCUT2D eigenvalue weighted by Gasteiger charge is 2.54. The lowest BCUT2D eigenvalue weighted by Gasteiger charge is -2.49. The minimum absolute atomic E-state index is 0.0992. The van der Waals surface area contributed by atoms with E-state index in [1.807, 2.05) is 0 Å². The molecule has 0 fully saturated rings. The molecule has 0 heterocycles. The summed E-state index contributed by atoms with van der Waals surface area (Å²) < 4.78 is 7.43. The molecule has 0 amide bonds. The van der Waals surface area contributed by atoms with Crippen molar-refractivity contribution in [2.75, 3.05) is 0 Å². The summed E-state index contributed by atoms with van der Waals surface area (Å²) in [7, 11) is -2.70. The Morgan fingerprint density at radius 2 is 1.15 bits per heavy atom. The fraction of sp³-hybridized carbons (Fsp3) is 0.581. The van der Waals surface area contributed by atoms with Crippen LogP contribution in [0.3, 0.4) is 0 Å². The van der Waals surface area contributed by atoms with E-state index in [0.717, 1.165) is 6.42 Å². The molecule has 34 heavy (non-hydrogen) atoms. The Morgan fingerprint density at radius 1 is 0.735 bits per heavy atom. The van der Waals surface area contributed by atoms with E-state index in [2.05, 4.69) is 137 Å². The SMILES string of the molecule is CC(C)CC(C)(C)C(=O)C(C)(C)CC(C)(C)O[Si](c1ccccc1)(c1ccccc1)C(C)(C)C. The maximum atomic E-state index is 13.8. The fourth-order valence-corrected chi connectivity index (χ4v) is 11.1. The molecule has 0 aliphatic rings. The Bertz CT molecular complexity index is 895. The van der Waals surface area contributed by atoms with E-state index in [0.29, 0.717) is 18.1 Å². The molecular formula is C31H48O2Si. The van der Waals surface area contributed by atoms with Crippen LogP contribution in [0.5, 0.6) is 0 Å². The molecule has 2 nitrogen and oxygen atoms in total. The minimum atomic E-state index is -2.70. The first-order chi connectivity index (χ1) is 15.4. The fourth-order valence-electron chi connectivity index (χ4n) is 6.27.